The summed E-state index contributed by atoms with van der Waals surface area (Å²) >= 11 is 0. The molecule has 1 aliphatic rings. The summed E-state index contributed by atoms with van der Waals surface area (Å²) in [6.07, 6.45) is 2.04. The van der Waals surface area contributed by atoms with Gasteiger partial charge in [0.2, 0.25) is 0 Å². The number of pyridine rings is 1. The number of hydrogen-bond donors (Lipinski definition) is 2. The Labute approximate surface area is 116 Å². The number of carbonyl (C=O) groups is 1. The van der Waals surface area contributed by atoms with Crippen LogP contribution in [0.3, 0.4) is 0 Å². The van der Waals surface area contributed by atoms with Crippen LogP contribution in [0.2, 0.25) is 0 Å². The lowest BCUT2D eigenvalue weighted by Gasteiger charge is -2.21. The summed E-state index contributed by atoms with van der Waals surface area (Å²) in [4.78, 5) is 16.3. The largest absolute Gasteiger partial charge is 0.494 e. The molecule has 6 nitrogen and oxygen atoms in total. The molecule has 1 saturated heterocycles. The molecule has 0 saturated carbocycles. The number of esters is 1. The number of nitrogens with zero attached hydrogens (tertiary/aromatic N) is 2. The predicted molar refractivity (Wildman–Crippen MR) is 73.0 cm³/mol. The van der Waals surface area contributed by atoms with Gasteiger partial charge in [0, 0.05) is 12.5 Å². The maximum atomic E-state index is 11.8. The first kappa shape index (κ1) is 12.9. The molecule has 3 rings (SSSR count). The Morgan fingerprint density at radius 2 is 2.40 bits per heavy atom. The Kier molecular flexibility index (Phi) is 3.31. The lowest BCUT2D eigenvalue weighted by atomic mass is 9.99. The van der Waals surface area contributed by atoms with Crippen LogP contribution in [-0.2, 0) is 4.74 Å². The fourth-order valence-electron chi connectivity index (χ4n) is 2.74. The summed E-state index contributed by atoms with van der Waals surface area (Å²) in [5.41, 5.74) is 0.835. The highest BCUT2D eigenvalue weighted by molar-refractivity contribution is 5.95. The molecule has 1 fully saturated rings. The number of ether oxygens (including phenoxy) is 1. The smallest absolute Gasteiger partial charge is 0.358 e. The number of fused-ring (bicyclic) bond motifs is 1. The summed E-state index contributed by atoms with van der Waals surface area (Å²) in [7, 11) is 1.33. The summed E-state index contributed by atoms with van der Waals surface area (Å²) in [6.45, 7) is 1.80. The number of hydrogen-bond acceptors (Lipinski definition) is 5. The van der Waals surface area contributed by atoms with Crippen molar-refractivity contribution in [2.24, 2.45) is 0 Å². The van der Waals surface area contributed by atoms with Crippen LogP contribution in [0, 0.1) is 0 Å². The fourth-order valence-corrected chi connectivity index (χ4v) is 2.74. The Morgan fingerprint density at radius 1 is 1.55 bits per heavy atom. The Bertz CT molecular complexity index is 644. The molecule has 0 aromatic carbocycles. The third-order valence-electron chi connectivity index (χ3n) is 3.71. The molecule has 1 aliphatic heterocycles. The highest BCUT2D eigenvalue weighted by atomic mass is 16.5. The van der Waals surface area contributed by atoms with Crippen molar-refractivity contribution in [2.75, 3.05) is 20.2 Å². The number of aromatic hydroxyl groups is 1. The van der Waals surface area contributed by atoms with Crippen molar-refractivity contribution in [3.8, 4) is 5.88 Å². The van der Waals surface area contributed by atoms with E-state index in [1.54, 1.807) is 22.6 Å². The molecular formula is C14H17N3O3. The Balaban J connectivity index is 2.18. The van der Waals surface area contributed by atoms with E-state index in [4.69, 9.17) is 4.74 Å². The molecule has 1 atom stereocenters. The molecule has 0 aliphatic carbocycles. The summed E-state index contributed by atoms with van der Waals surface area (Å²) in [5.74, 6) is 0.502. The van der Waals surface area contributed by atoms with Crippen LogP contribution in [0.5, 0.6) is 5.88 Å². The second-order valence-corrected chi connectivity index (χ2v) is 4.96. The topological polar surface area (TPSA) is 75.9 Å². The van der Waals surface area contributed by atoms with Gasteiger partial charge in [-0.15, -0.1) is 0 Å². The van der Waals surface area contributed by atoms with Gasteiger partial charge in [-0.2, -0.15) is 0 Å². The summed E-state index contributed by atoms with van der Waals surface area (Å²) in [5, 5.41) is 13.4. The highest BCUT2D eigenvalue weighted by Crippen LogP contribution is 2.28. The van der Waals surface area contributed by atoms with Crippen molar-refractivity contribution in [1.29, 1.82) is 0 Å². The summed E-state index contributed by atoms with van der Waals surface area (Å²) in [6, 6.07) is 5.05. The number of piperidine rings is 1. The van der Waals surface area contributed by atoms with Crippen molar-refractivity contribution in [1.82, 2.24) is 14.7 Å². The van der Waals surface area contributed by atoms with E-state index >= 15 is 0 Å². The third kappa shape index (κ3) is 2.02. The van der Waals surface area contributed by atoms with Gasteiger partial charge in [-0.3, -0.25) is 4.40 Å². The molecule has 2 aromatic rings. The van der Waals surface area contributed by atoms with E-state index < -0.39 is 5.97 Å². The molecule has 2 N–H and O–H groups in total. The lowest BCUT2D eigenvalue weighted by molar-refractivity contribution is 0.0596. The first-order valence-corrected chi connectivity index (χ1v) is 6.71. The zero-order valence-corrected chi connectivity index (χ0v) is 11.3. The molecule has 6 heteroatoms. The highest BCUT2D eigenvalue weighted by Gasteiger charge is 2.26. The van der Waals surface area contributed by atoms with Gasteiger partial charge in [0.25, 0.3) is 0 Å². The second kappa shape index (κ2) is 5.13. The molecule has 3 heterocycles. The Hall–Kier alpha value is -2.08. The molecule has 0 amide bonds. The molecule has 20 heavy (non-hydrogen) atoms. The minimum Gasteiger partial charge on any atom is -0.494 e. The number of rotatable bonds is 2. The zero-order chi connectivity index (χ0) is 14.1. The van der Waals surface area contributed by atoms with Gasteiger partial charge in [0.1, 0.15) is 5.82 Å². The maximum absolute atomic E-state index is 11.8. The second-order valence-electron chi connectivity index (χ2n) is 4.96. The number of methoxy groups -OCH3 is 1. The van der Waals surface area contributed by atoms with Crippen molar-refractivity contribution >= 4 is 11.5 Å². The molecule has 0 spiro atoms. The lowest BCUT2D eigenvalue weighted by Crippen LogP contribution is -2.29. The van der Waals surface area contributed by atoms with Crippen LogP contribution in [0.15, 0.2) is 18.2 Å². The van der Waals surface area contributed by atoms with Crippen LogP contribution in [0.25, 0.3) is 5.52 Å². The minimum absolute atomic E-state index is 0.0886. The van der Waals surface area contributed by atoms with Crippen molar-refractivity contribution in [2.45, 2.75) is 18.8 Å². The fraction of sp³-hybridized carbons (Fsp3) is 0.429. The zero-order valence-electron chi connectivity index (χ0n) is 11.3. The summed E-state index contributed by atoms with van der Waals surface area (Å²) < 4.78 is 6.42. The van der Waals surface area contributed by atoms with Crippen LogP contribution in [-0.4, -0.2) is 40.7 Å². The first-order valence-electron chi connectivity index (χ1n) is 6.71. The van der Waals surface area contributed by atoms with Crippen LogP contribution in [0.4, 0.5) is 0 Å². The molecule has 1 unspecified atom stereocenters. The average molecular weight is 275 g/mol. The van der Waals surface area contributed by atoms with Crippen molar-refractivity contribution < 1.29 is 14.6 Å². The van der Waals surface area contributed by atoms with Crippen LogP contribution < -0.4 is 5.32 Å². The monoisotopic (exact) mass is 275 g/mol. The van der Waals surface area contributed by atoms with Crippen molar-refractivity contribution in [3.63, 3.8) is 0 Å². The first-order chi connectivity index (χ1) is 9.72. The standard InChI is InChI=1S/C14H17N3O3/c1-20-14(19)12-10-5-2-6-11(18)17(10)13(16-12)9-4-3-7-15-8-9/h2,5-6,9,15,18H,3-4,7-8H2,1H3. The van der Waals surface area contributed by atoms with Gasteiger partial charge >= 0.3 is 5.97 Å². The van der Waals surface area contributed by atoms with E-state index in [1.165, 1.54) is 7.11 Å². The third-order valence-corrected chi connectivity index (χ3v) is 3.71. The number of imidazole rings is 1. The van der Waals surface area contributed by atoms with Crippen molar-refractivity contribution in [3.05, 3.63) is 29.7 Å². The normalized spacial score (nSPS) is 19.1. The van der Waals surface area contributed by atoms with Crippen LogP contribution in [0.1, 0.15) is 35.1 Å². The van der Waals surface area contributed by atoms with Gasteiger partial charge in [0.05, 0.1) is 12.6 Å². The quantitative estimate of drug-likeness (QED) is 0.808. The Morgan fingerprint density at radius 3 is 3.10 bits per heavy atom. The number of nitrogens with one attached hydrogen (secondary N) is 1. The number of aromatic nitrogens is 2. The van der Waals surface area contributed by atoms with E-state index in [1.807, 2.05) is 0 Å². The molecular weight excluding hydrogens is 258 g/mol. The van der Waals surface area contributed by atoms with Gasteiger partial charge < -0.3 is 15.2 Å². The number of carbonyl (C=O) groups excluding carboxylic acids is 1. The minimum atomic E-state index is -0.483. The van der Waals surface area contributed by atoms with E-state index in [-0.39, 0.29) is 17.5 Å². The predicted octanol–water partition coefficient (Wildman–Crippen LogP) is 1.29. The molecule has 2 aromatic heterocycles. The van der Waals surface area contributed by atoms with E-state index in [9.17, 15) is 9.90 Å². The van der Waals surface area contributed by atoms with Gasteiger partial charge in [-0.1, -0.05) is 6.07 Å². The van der Waals surface area contributed by atoms with Gasteiger partial charge in [-0.25, -0.2) is 9.78 Å². The maximum Gasteiger partial charge on any atom is 0.358 e. The van der Waals surface area contributed by atoms with E-state index in [2.05, 4.69) is 10.3 Å². The molecule has 106 valence electrons. The van der Waals surface area contributed by atoms with E-state index in [0.717, 1.165) is 25.9 Å². The SMILES string of the molecule is COC(=O)c1nc(C2CCCNC2)n2c(O)cccc12. The van der Waals surface area contributed by atoms with Gasteiger partial charge in [0.15, 0.2) is 11.6 Å². The average Bonchev–Trinajstić information content (AvgIpc) is 2.88. The van der Waals surface area contributed by atoms with E-state index in [0.29, 0.717) is 11.3 Å². The van der Waals surface area contributed by atoms with Gasteiger partial charge in [-0.05, 0) is 31.5 Å². The molecule has 0 bridgehead atoms. The van der Waals surface area contributed by atoms with Crippen LogP contribution >= 0.6 is 0 Å². The molecule has 0 radical (unpaired) electrons.